The second kappa shape index (κ2) is 19.9. The number of amides is 1. The van der Waals surface area contributed by atoms with E-state index in [1.54, 1.807) is 23.9 Å². The molecule has 8 nitrogen and oxygen atoms in total. The van der Waals surface area contributed by atoms with Gasteiger partial charge in [-0.3, -0.25) is 9.69 Å². The van der Waals surface area contributed by atoms with Gasteiger partial charge >= 0.3 is 5.97 Å². The standard InChI is InChI=1S/C32H40N2O3S.C7H9NO2S/c1-4-5-19-34(20-17-25-12-7-6-8-13-25)23-26-15-16-28(29(22-26)27-14-10-9-11-24(27)2)31(35)33-30(32(36)37)18-21-38-3;1-6-2-4-7(5-3-6)11(8,9)10/h6-16,22,30H,4-5,17-21,23H2,1-3H3,(H,33,35)(H,36,37);2-5H,1H3,(H2,8,9,10). The Morgan fingerprint density at radius 1 is 0.878 bits per heavy atom. The molecule has 0 fully saturated rings. The highest BCUT2D eigenvalue weighted by Gasteiger charge is 2.23. The number of hydrogen-bond acceptors (Lipinski definition) is 6. The first kappa shape index (κ1) is 39.5. The molecule has 0 aromatic heterocycles. The van der Waals surface area contributed by atoms with Crippen molar-refractivity contribution in [2.24, 2.45) is 5.14 Å². The van der Waals surface area contributed by atoms with Crippen LogP contribution >= 0.6 is 11.8 Å². The predicted octanol–water partition coefficient (Wildman–Crippen LogP) is 7.09. The summed E-state index contributed by atoms with van der Waals surface area (Å²) in [6.45, 7) is 8.90. The molecule has 0 heterocycles. The topological polar surface area (TPSA) is 130 Å². The summed E-state index contributed by atoms with van der Waals surface area (Å²) in [5, 5.41) is 17.3. The van der Waals surface area contributed by atoms with Crippen LogP contribution < -0.4 is 10.5 Å². The molecule has 4 aromatic carbocycles. The van der Waals surface area contributed by atoms with Gasteiger partial charge in [0, 0.05) is 18.7 Å². The molecule has 49 heavy (non-hydrogen) atoms. The van der Waals surface area contributed by atoms with E-state index in [2.05, 4.69) is 47.5 Å². The third kappa shape index (κ3) is 13.1. The number of benzene rings is 4. The number of carbonyl (C=O) groups is 2. The molecule has 10 heteroatoms. The number of hydrogen-bond donors (Lipinski definition) is 3. The summed E-state index contributed by atoms with van der Waals surface area (Å²) in [7, 11) is -3.52. The number of carboxylic acid groups (broad SMARTS) is 1. The lowest BCUT2D eigenvalue weighted by Gasteiger charge is -2.23. The Bertz CT molecular complexity index is 1750. The number of thioether (sulfide) groups is 1. The lowest BCUT2D eigenvalue weighted by atomic mass is 9.93. The molecule has 4 rings (SSSR count). The van der Waals surface area contributed by atoms with Gasteiger partial charge < -0.3 is 10.4 Å². The molecule has 0 bridgehead atoms. The van der Waals surface area contributed by atoms with Crippen LogP contribution in [0.25, 0.3) is 11.1 Å². The van der Waals surface area contributed by atoms with Crippen molar-refractivity contribution in [2.45, 2.75) is 63.9 Å². The van der Waals surface area contributed by atoms with E-state index in [0.717, 1.165) is 66.7 Å². The predicted molar refractivity (Wildman–Crippen MR) is 201 cm³/mol. The van der Waals surface area contributed by atoms with Gasteiger partial charge in [-0.05, 0) is 104 Å². The van der Waals surface area contributed by atoms with Gasteiger partial charge in [-0.1, -0.05) is 91.7 Å². The molecule has 0 aliphatic rings. The molecule has 0 saturated heterocycles. The van der Waals surface area contributed by atoms with Crippen molar-refractivity contribution in [3.8, 4) is 11.1 Å². The lowest BCUT2D eigenvalue weighted by Crippen LogP contribution is -2.41. The van der Waals surface area contributed by atoms with Crippen molar-refractivity contribution < 1.29 is 23.1 Å². The summed E-state index contributed by atoms with van der Waals surface area (Å²) in [6, 6.07) is 30.0. The number of aryl methyl sites for hydroxylation is 2. The van der Waals surface area contributed by atoms with Crippen molar-refractivity contribution >= 4 is 33.7 Å². The third-order valence-electron chi connectivity index (χ3n) is 8.12. The summed E-state index contributed by atoms with van der Waals surface area (Å²) in [5.41, 5.74) is 6.88. The van der Waals surface area contributed by atoms with Crippen LogP contribution in [0.4, 0.5) is 0 Å². The zero-order valence-electron chi connectivity index (χ0n) is 28.9. The molecule has 1 amide bonds. The van der Waals surface area contributed by atoms with Crippen molar-refractivity contribution in [3.05, 3.63) is 125 Å². The fourth-order valence-electron chi connectivity index (χ4n) is 5.28. The lowest BCUT2D eigenvalue weighted by molar-refractivity contribution is -0.139. The van der Waals surface area contributed by atoms with Gasteiger partial charge in [0.05, 0.1) is 4.90 Å². The number of primary sulfonamides is 1. The van der Waals surface area contributed by atoms with Crippen LogP contribution in [0.5, 0.6) is 0 Å². The zero-order valence-corrected chi connectivity index (χ0v) is 30.5. The van der Waals surface area contributed by atoms with Gasteiger partial charge in [0.25, 0.3) is 5.91 Å². The van der Waals surface area contributed by atoms with Crippen LogP contribution in [0.2, 0.25) is 0 Å². The van der Waals surface area contributed by atoms with Crippen molar-refractivity contribution in [2.75, 3.05) is 25.1 Å². The average Bonchev–Trinajstić information content (AvgIpc) is 3.08. The summed E-state index contributed by atoms with van der Waals surface area (Å²) >= 11 is 1.57. The molecule has 4 aromatic rings. The molecule has 1 unspecified atom stereocenters. The van der Waals surface area contributed by atoms with Crippen LogP contribution in [0, 0.1) is 13.8 Å². The quantitative estimate of drug-likeness (QED) is 0.114. The average molecular weight is 704 g/mol. The maximum absolute atomic E-state index is 13.4. The van der Waals surface area contributed by atoms with Gasteiger partial charge in [0.1, 0.15) is 6.04 Å². The number of sulfonamides is 1. The van der Waals surface area contributed by atoms with E-state index in [4.69, 9.17) is 5.14 Å². The third-order valence-corrected chi connectivity index (χ3v) is 9.69. The summed E-state index contributed by atoms with van der Waals surface area (Å²) in [5.74, 6) is -0.695. The number of aliphatic carboxylic acids is 1. The first-order valence-corrected chi connectivity index (χ1v) is 19.4. The van der Waals surface area contributed by atoms with Crippen molar-refractivity contribution in [1.82, 2.24) is 10.2 Å². The van der Waals surface area contributed by atoms with E-state index < -0.39 is 22.0 Å². The minimum Gasteiger partial charge on any atom is -0.480 e. The first-order chi connectivity index (χ1) is 23.4. The Morgan fingerprint density at radius 3 is 2.16 bits per heavy atom. The Kier molecular flexibility index (Phi) is 16.0. The maximum Gasteiger partial charge on any atom is 0.326 e. The molecule has 0 radical (unpaired) electrons. The Hall–Kier alpha value is -3.96. The summed E-state index contributed by atoms with van der Waals surface area (Å²) in [4.78, 5) is 27.8. The van der Waals surface area contributed by atoms with E-state index in [-0.39, 0.29) is 10.8 Å². The van der Waals surface area contributed by atoms with Crippen molar-refractivity contribution in [1.29, 1.82) is 0 Å². The highest BCUT2D eigenvalue weighted by atomic mass is 32.2. The van der Waals surface area contributed by atoms with Gasteiger partial charge in [-0.15, -0.1) is 0 Å². The second-order valence-electron chi connectivity index (χ2n) is 12.1. The maximum atomic E-state index is 13.4. The van der Waals surface area contributed by atoms with E-state index in [1.807, 2.05) is 62.6 Å². The highest BCUT2D eigenvalue weighted by Crippen LogP contribution is 2.29. The Balaban J connectivity index is 0.000000501. The number of nitrogens with zero attached hydrogens (tertiary/aromatic N) is 1. The molecule has 4 N–H and O–H groups in total. The molecular formula is C39H49N3O5S2. The van der Waals surface area contributed by atoms with Crippen LogP contribution in [0.15, 0.2) is 102 Å². The molecule has 1 atom stereocenters. The molecule has 0 saturated carbocycles. The minimum absolute atomic E-state index is 0.156. The summed E-state index contributed by atoms with van der Waals surface area (Å²) < 4.78 is 21.4. The smallest absolute Gasteiger partial charge is 0.326 e. The van der Waals surface area contributed by atoms with E-state index in [1.165, 1.54) is 17.7 Å². The SMILES string of the molecule is CCCCN(CCc1ccccc1)Cc1ccc(C(=O)NC(CCSC)C(=O)O)c(-c2ccccc2C)c1.Cc1ccc(S(N)(=O)=O)cc1. The van der Waals surface area contributed by atoms with E-state index >= 15 is 0 Å². The molecule has 262 valence electrons. The van der Waals surface area contributed by atoms with E-state index in [9.17, 15) is 23.1 Å². The molecule has 0 aliphatic carbocycles. The number of rotatable bonds is 16. The number of carbonyl (C=O) groups excluding carboxylic acids is 1. The molecular weight excluding hydrogens is 655 g/mol. The largest absolute Gasteiger partial charge is 0.480 e. The van der Waals surface area contributed by atoms with Crippen LogP contribution in [-0.2, 0) is 27.8 Å². The number of nitrogens with two attached hydrogens (primary N) is 1. The highest BCUT2D eigenvalue weighted by molar-refractivity contribution is 7.98. The van der Waals surface area contributed by atoms with Crippen molar-refractivity contribution in [3.63, 3.8) is 0 Å². The Morgan fingerprint density at radius 2 is 1.55 bits per heavy atom. The number of carboxylic acids is 1. The minimum atomic E-state index is -3.52. The fourth-order valence-corrected chi connectivity index (χ4v) is 6.27. The monoisotopic (exact) mass is 703 g/mol. The van der Waals surface area contributed by atoms with Crippen LogP contribution in [0.3, 0.4) is 0 Å². The fraction of sp³-hybridized carbons (Fsp3) is 0.333. The molecule has 0 aliphatic heterocycles. The normalized spacial score (nSPS) is 11.8. The molecule has 0 spiro atoms. The van der Waals surface area contributed by atoms with E-state index in [0.29, 0.717) is 17.7 Å². The van der Waals surface area contributed by atoms with Gasteiger partial charge in [0.15, 0.2) is 0 Å². The van der Waals surface area contributed by atoms with Crippen LogP contribution in [-0.4, -0.2) is 61.4 Å². The van der Waals surface area contributed by atoms with Gasteiger partial charge in [-0.2, -0.15) is 11.8 Å². The summed E-state index contributed by atoms with van der Waals surface area (Å²) in [6.07, 6.45) is 5.57. The first-order valence-electron chi connectivity index (χ1n) is 16.5. The van der Waals surface area contributed by atoms with Crippen LogP contribution in [0.1, 0.15) is 58.8 Å². The van der Waals surface area contributed by atoms with Gasteiger partial charge in [0.2, 0.25) is 10.0 Å². The van der Waals surface area contributed by atoms with Gasteiger partial charge in [-0.25, -0.2) is 18.4 Å². The Labute approximate surface area is 296 Å². The number of nitrogens with one attached hydrogen (secondary N) is 1. The zero-order chi connectivity index (χ0) is 35.8. The second-order valence-corrected chi connectivity index (χ2v) is 14.6. The number of unbranched alkanes of at least 4 members (excludes halogenated alkanes) is 1.